The molecule has 7 nitrogen and oxygen atoms in total. The Morgan fingerprint density at radius 2 is 2.08 bits per heavy atom. The van der Waals surface area contributed by atoms with Gasteiger partial charge < -0.3 is 14.2 Å². The molecular weight excluding hydrogens is 308 g/mol. The molecule has 0 atom stereocenters. The van der Waals surface area contributed by atoms with Crippen molar-refractivity contribution in [2.45, 2.75) is 65.0 Å². The van der Waals surface area contributed by atoms with E-state index in [1.807, 2.05) is 0 Å². The molecule has 1 fully saturated rings. The van der Waals surface area contributed by atoms with E-state index in [0.29, 0.717) is 23.0 Å². The van der Waals surface area contributed by atoms with Crippen LogP contribution in [0.3, 0.4) is 0 Å². The van der Waals surface area contributed by atoms with E-state index in [9.17, 15) is 4.79 Å². The number of rotatable bonds is 5. The first kappa shape index (κ1) is 16.7. The molecule has 2 aromatic rings. The van der Waals surface area contributed by atoms with Crippen LogP contribution in [0.5, 0.6) is 0 Å². The van der Waals surface area contributed by atoms with Crippen LogP contribution in [0.15, 0.2) is 10.9 Å². The number of carbonyl (C=O) groups is 1. The zero-order chi connectivity index (χ0) is 17.1. The van der Waals surface area contributed by atoms with E-state index in [1.165, 1.54) is 25.6 Å². The van der Waals surface area contributed by atoms with E-state index in [4.69, 9.17) is 9.26 Å². The Labute approximate surface area is 141 Å². The SMILES string of the molecule is CCOC(=O)c1noc2ncnc(N(C(C)C)C3CCCCC3)c12. The number of hydrogen-bond acceptors (Lipinski definition) is 7. The van der Waals surface area contributed by atoms with E-state index in [-0.39, 0.29) is 18.3 Å². The van der Waals surface area contributed by atoms with Gasteiger partial charge in [-0.15, -0.1) is 0 Å². The van der Waals surface area contributed by atoms with Gasteiger partial charge in [-0.3, -0.25) is 0 Å². The third kappa shape index (κ3) is 3.07. The van der Waals surface area contributed by atoms with Gasteiger partial charge in [-0.2, -0.15) is 4.98 Å². The number of carbonyl (C=O) groups excluding carboxylic acids is 1. The molecule has 0 aromatic carbocycles. The predicted octanol–water partition coefficient (Wildman–Crippen LogP) is 3.34. The summed E-state index contributed by atoms with van der Waals surface area (Å²) >= 11 is 0. The van der Waals surface area contributed by atoms with Crippen molar-refractivity contribution in [3.8, 4) is 0 Å². The van der Waals surface area contributed by atoms with Crippen molar-refractivity contribution in [3.63, 3.8) is 0 Å². The number of hydrogen-bond donors (Lipinski definition) is 0. The third-order valence-corrected chi connectivity index (χ3v) is 4.49. The topological polar surface area (TPSA) is 81.3 Å². The monoisotopic (exact) mass is 332 g/mol. The van der Waals surface area contributed by atoms with Crippen LogP contribution in [-0.2, 0) is 4.74 Å². The molecule has 7 heteroatoms. The summed E-state index contributed by atoms with van der Waals surface area (Å²) in [7, 11) is 0. The van der Waals surface area contributed by atoms with Crippen LogP contribution >= 0.6 is 0 Å². The lowest BCUT2D eigenvalue weighted by Gasteiger charge is -2.38. The second kappa shape index (κ2) is 7.15. The van der Waals surface area contributed by atoms with Gasteiger partial charge in [0.25, 0.3) is 5.71 Å². The molecule has 0 unspecified atom stereocenters. The first-order chi connectivity index (χ1) is 11.6. The Morgan fingerprint density at radius 3 is 2.75 bits per heavy atom. The number of nitrogens with zero attached hydrogens (tertiary/aromatic N) is 4. The molecule has 0 aliphatic heterocycles. The highest BCUT2D eigenvalue weighted by molar-refractivity contribution is 6.04. The van der Waals surface area contributed by atoms with Crippen molar-refractivity contribution >= 4 is 22.9 Å². The number of fused-ring (bicyclic) bond motifs is 1. The van der Waals surface area contributed by atoms with Crippen molar-refractivity contribution in [2.75, 3.05) is 11.5 Å². The number of anilines is 1. The largest absolute Gasteiger partial charge is 0.461 e. The van der Waals surface area contributed by atoms with E-state index in [2.05, 4.69) is 33.9 Å². The fraction of sp³-hybridized carbons (Fsp3) is 0.647. The van der Waals surface area contributed by atoms with Crippen molar-refractivity contribution in [1.29, 1.82) is 0 Å². The quantitative estimate of drug-likeness (QED) is 0.777. The van der Waals surface area contributed by atoms with Crippen LogP contribution in [0, 0.1) is 0 Å². The van der Waals surface area contributed by atoms with Gasteiger partial charge in [0, 0.05) is 12.1 Å². The molecule has 24 heavy (non-hydrogen) atoms. The Morgan fingerprint density at radius 1 is 1.33 bits per heavy atom. The summed E-state index contributed by atoms with van der Waals surface area (Å²) in [5, 5.41) is 4.43. The number of aromatic nitrogens is 3. The predicted molar refractivity (Wildman–Crippen MR) is 90.0 cm³/mol. The molecule has 130 valence electrons. The molecule has 2 aromatic heterocycles. The lowest BCUT2D eigenvalue weighted by atomic mass is 9.93. The molecule has 0 spiro atoms. The summed E-state index contributed by atoms with van der Waals surface area (Å²) in [4.78, 5) is 23.1. The highest BCUT2D eigenvalue weighted by atomic mass is 16.5. The fourth-order valence-electron chi connectivity index (χ4n) is 3.50. The first-order valence-electron chi connectivity index (χ1n) is 8.69. The standard InChI is InChI=1S/C17H24N4O3/c1-4-23-17(22)14-13-15(18-10-19-16(13)24-20-14)21(11(2)3)12-8-6-5-7-9-12/h10-12H,4-9H2,1-3H3. The maximum absolute atomic E-state index is 12.2. The smallest absolute Gasteiger partial charge is 0.361 e. The van der Waals surface area contributed by atoms with E-state index >= 15 is 0 Å². The summed E-state index contributed by atoms with van der Waals surface area (Å²) in [5.41, 5.74) is 0.480. The molecule has 1 aliphatic carbocycles. The van der Waals surface area contributed by atoms with Crippen LogP contribution in [0.1, 0.15) is 63.4 Å². The molecule has 0 bridgehead atoms. The summed E-state index contributed by atoms with van der Waals surface area (Å²) in [6.45, 7) is 6.33. The lowest BCUT2D eigenvalue weighted by Crippen LogP contribution is -2.42. The molecule has 3 rings (SSSR count). The first-order valence-corrected chi connectivity index (χ1v) is 8.69. The van der Waals surface area contributed by atoms with Crippen LogP contribution in [0.4, 0.5) is 5.82 Å². The average molecular weight is 332 g/mol. The summed E-state index contributed by atoms with van der Waals surface area (Å²) in [6, 6.07) is 0.651. The molecule has 1 saturated carbocycles. The zero-order valence-electron chi connectivity index (χ0n) is 14.5. The highest BCUT2D eigenvalue weighted by Gasteiger charge is 2.30. The van der Waals surface area contributed by atoms with Crippen LogP contribution in [-0.4, -0.2) is 39.8 Å². The molecule has 0 saturated heterocycles. The van der Waals surface area contributed by atoms with Gasteiger partial charge in [0.05, 0.1) is 6.61 Å². The van der Waals surface area contributed by atoms with Gasteiger partial charge in [0.1, 0.15) is 17.5 Å². The molecule has 0 radical (unpaired) electrons. The minimum absolute atomic E-state index is 0.156. The molecular formula is C17H24N4O3. The number of esters is 1. The minimum atomic E-state index is -0.500. The fourth-order valence-corrected chi connectivity index (χ4v) is 3.50. The molecule has 2 heterocycles. The highest BCUT2D eigenvalue weighted by Crippen LogP contribution is 2.33. The van der Waals surface area contributed by atoms with Crippen molar-refractivity contribution in [1.82, 2.24) is 15.1 Å². The Bertz CT molecular complexity index is 707. The Balaban J connectivity index is 2.08. The molecule has 1 aliphatic rings. The summed E-state index contributed by atoms with van der Waals surface area (Å²) in [5.74, 6) is 0.214. The summed E-state index contributed by atoms with van der Waals surface area (Å²) in [6.07, 6.45) is 7.44. The second-order valence-corrected chi connectivity index (χ2v) is 6.42. The zero-order valence-corrected chi connectivity index (χ0v) is 14.5. The second-order valence-electron chi connectivity index (χ2n) is 6.42. The van der Waals surface area contributed by atoms with Gasteiger partial charge in [-0.1, -0.05) is 24.4 Å². The summed E-state index contributed by atoms with van der Waals surface area (Å²) < 4.78 is 10.3. The van der Waals surface area contributed by atoms with Crippen molar-refractivity contribution in [2.24, 2.45) is 0 Å². The van der Waals surface area contributed by atoms with Gasteiger partial charge in [0.15, 0.2) is 0 Å². The molecule has 0 N–H and O–H groups in total. The number of ether oxygens (including phenoxy) is 1. The van der Waals surface area contributed by atoms with Crippen LogP contribution < -0.4 is 4.90 Å². The third-order valence-electron chi connectivity index (χ3n) is 4.49. The van der Waals surface area contributed by atoms with Crippen molar-refractivity contribution < 1.29 is 14.1 Å². The maximum atomic E-state index is 12.2. The maximum Gasteiger partial charge on any atom is 0.361 e. The van der Waals surface area contributed by atoms with E-state index in [0.717, 1.165) is 12.8 Å². The van der Waals surface area contributed by atoms with Gasteiger partial charge in [-0.05, 0) is 33.6 Å². The Kier molecular flexibility index (Phi) is 4.97. The minimum Gasteiger partial charge on any atom is -0.461 e. The Hall–Kier alpha value is -2.18. The lowest BCUT2D eigenvalue weighted by molar-refractivity contribution is 0.0517. The average Bonchev–Trinajstić information content (AvgIpc) is 3.01. The van der Waals surface area contributed by atoms with Gasteiger partial charge >= 0.3 is 5.97 Å². The normalized spacial score (nSPS) is 15.8. The van der Waals surface area contributed by atoms with Gasteiger partial charge in [0.2, 0.25) is 5.69 Å². The van der Waals surface area contributed by atoms with Crippen LogP contribution in [0.25, 0.3) is 11.1 Å². The van der Waals surface area contributed by atoms with E-state index < -0.39 is 5.97 Å². The molecule has 0 amide bonds. The van der Waals surface area contributed by atoms with E-state index in [1.54, 1.807) is 6.92 Å². The van der Waals surface area contributed by atoms with Crippen LogP contribution in [0.2, 0.25) is 0 Å². The van der Waals surface area contributed by atoms with Gasteiger partial charge in [-0.25, -0.2) is 9.78 Å². The van der Waals surface area contributed by atoms with Crippen molar-refractivity contribution in [3.05, 3.63) is 12.0 Å².